The Bertz CT molecular complexity index is 1790. The quantitative estimate of drug-likeness (QED) is 0.181. The van der Waals surface area contributed by atoms with Gasteiger partial charge in [0.1, 0.15) is 18.1 Å². The fourth-order valence-corrected chi connectivity index (χ4v) is 7.95. The minimum absolute atomic E-state index is 0.00619. The van der Waals surface area contributed by atoms with Gasteiger partial charge in [-0.15, -0.1) is 5.10 Å². The van der Waals surface area contributed by atoms with E-state index in [9.17, 15) is 18.0 Å². The molecule has 1 aliphatic carbocycles. The van der Waals surface area contributed by atoms with Crippen LogP contribution in [0.1, 0.15) is 88.9 Å². The minimum Gasteiger partial charge on any atom is -0.351 e. The lowest BCUT2D eigenvalue weighted by Gasteiger charge is -2.33. The first-order chi connectivity index (χ1) is 23.1. The van der Waals surface area contributed by atoms with Crippen LogP contribution in [0.15, 0.2) is 59.6 Å². The molecule has 0 radical (unpaired) electrons. The number of aromatic nitrogens is 5. The van der Waals surface area contributed by atoms with Crippen molar-refractivity contribution in [2.24, 2.45) is 7.05 Å². The SMILES string of the molecule is CCCCN(CCCC)S(=O)(=O)c1ccc(N(C(=O)Cn2nnc3ccccc32)C(C(=O)NC2CCCCC2)c2cn(C)nc2C)cc1. The zero-order chi connectivity index (χ0) is 34.3. The van der Waals surface area contributed by atoms with E-state index in [1.807, 2.05) is 45.0 Å². The van der Waals surface area contributed by atoms with Crippen LogP contribution in [-0.2, 0) is 33.2 Å². The Labute approximate surface area is 283 Å². The maximum atomic E-state index is 14.5. The first-order valence-corrected chi connectivity index (χ1v) is 18.6. The second-order valence-electron chi connectivity index (χ2n) is 12.7. The fourth-order valence-electron chi connectivity index (χ4n) is 6.44. The number of hydrogen-bond donors (Lipinski definition) is 1. The zero-order valence-electron chi connectivity index (χ0n) is 28.5. The van der Waals surface area contributed by atoms with E-state index in [0.717, 1.165) is 57.8 Å². The van der Waals surface area contributed by atoms with Gasteiger partial charge in [0, 0.05) is 43.6 Å². The van der Waals surface area contributed by atoms with Gasteiger partial charge in [-0.1, -0.05) is 63.3 Å². The van der Waals surface area contributed by atoms with Gasteiger partial charge in [-0.3, -0.25) is 19.2 Å². The van der Waals surface area contributed by atoms with E-state index in [0.29, 0.717) is 41.1 Å². The number of anilines is 1. The van der Waals surface area contributed by atoms with Crippen molar-refractivity contribution in [1.29, 1.82) is 0 Å². The molecule has 1 fully saturated rings. The number of benzene rings is 2. The molecule has 13 heteroatoms. The molecule has 2 aromatic heterocycles. The van der Waals surface area contributed by atoms with Crippen LogP contribution in [0.2, 0.25) is 0 Å². The third-order valence-electron chi connectivity index (χ3n) is 9.05. The molecule has 1 saturated carbocycles. The Kier molecular flexibility index (Phi) is 11.6. The van der Waals surface area contributed by atoms with Gasteiger partial charge in [0.25, 0.3) is 0 Å². The van der Waals surface area contributed by atoms with Crippen LogP contribution in [0.4, 0.5) is 5.69 Å². The molecule has 2 amide bonds. The number of fused-ring (bicyclic) bond motifs is 1. The number of carbonyl (C=O) groups is 2. The van der Waals surface area contributed by atoms with Crippen molar-refractivity contribution < 1.29 is 18.0 Å². The van der Waals surface area contributed by atoms with Crippen LogP contribution in [0.3, 0.4) is 0 Å². The molecular weight excluding hydrogens is 629 g/mol. The normalized spacial score (nSPS) is 14.8. The van der Waals surface area contributed by atoms with E-state index in [2.05, 4.69) is 20.7 Å². The van der Waals surface area contributed by atoms with E-state index in [-0.39, 0.29) is 23.4 Å². The molecule has 0 spiro atoms. The molecule has 1 unspecified atom stereocenters. The number of nitrogens with one attached hydrogen (secondary N) is 1. The summed E-state index contributed by atoms with van der Waals surface area (Å²) in [5, 5.41) is 16.2. The number of aryl methyl sites for hydroxylation is 2. The van der Waals surface area contributed by atoms with Crippen molar-refractivity contribution in [3.05, 3.63) is 66.0 Å². The number of para-hydroxylation sites is 1. The maximum Gasteiger partial charge on any atom is 0.249 e. The van der Waals surface area contributed by atoms with Gasteiger partial charge in [0.05, 0.1) is 16.1 Å². The lowest BCUT2D eigenvalue weighted by Crippen LogP contribution is -2.48. The molecule has 4 aromatic rings. The summed E-state index contributed by atoms with van der Waals surface area (Å²) in [6, 6.07) is 12.6. The molecule has 2 heterocycles. The first-order valence-electron chi connectivity index (χ1n) is 17.1. The standard InChI is InChI=1S/C35H48N8O4S/c1-5-7-22-41(23-8-6-2)48(46,47)29-20-18-28(19-21-29)43(33(44)25-42-32-17-13-12-16-31(32)37-39-42)34(30-24-40(4)38-26(30)3)35(45)36-27-14-10-9-11-15-27/h12-13,16-21,24,27,34H,5-11,14-15,22-23,25H2,1-4H3,(H,36,45). The van der Waals surface area contributed by atoms with Crippen LogP contribution in [-0.4, -0.2) is 68.4 Å². The third-order valence-corrected chi connectivity index (χ3v) is 11.0. The van der Waals surface area contributed by atoms with E-state index in [4.69, 9.17) is 0 Å². The minimum atomic E-state index is -3.77. The van der Waals surface area contributed by atoms with E-state index in [1.54, 1.807) is 34.4 Å². The lowest BCUT2D eigenvalue weighted by molar-refractivity contribution is -0.127. The summed E-state index contributed by atoms with van der Waals surface area (Å²) in [6.45, 7) is 6.60. The van der Waals surface area contributed by atoms with Gasteiger partial charge in [0.2, 0.25) is 21.8 Å². The zero-order valence-corrected chi connectivity index (χ0v) is 29.3. The van der Waals surface area contributed by atoms with Gasteiger partial charge in [0.15, 0.2) is 0 Å². The highest BCUT2D eigenvalue weighted by Gasteiger charge is 2.37. The Hall–Kier alpha value is -4.10. The van der Waals surface area contributed by atoms with Crippen molar-refractivity contribution >= 4 is 38.6 Å². The summed E-state index contributed by atoms with van der Waals surface area (Å²) in [7, 11) is -1.99. The van der Waals surface area contributed by atoms with Gasteiger partial charge in [-0.25, -0.2) is 13.1 Å². The molecule has 2 aromatic carbocycles. The largest absolute Gasteiger partial charge is 0.351 e. The molecule has 1 N–H and O–H groups in total. The predicted octanol–water partition coefficient (Wildman–Crippen LogP) is 5.29. The van der Waals surface area contributed by atoms with E-state index < -0.39 is 22.0 Å². The molecule has 12 nitrogen and oxygen atoms in total. The summed E-state index contributed by atoms with van der Waals surface area (Å²) in [5.74, 6) is -0.711. The number of nitrogens with zero attached hydrogens (tertiary/aromatic N) is 7. The van der Waals surface area contributed by atoms with Crippen LogP contribution >= 0.6 is 0 Å². The Morgan fingerprint density at radius 3 is 2.27 bits per heavy atom. The number of unbranched alkanes of at least 4 members (excludes halogenated alkanes) is 2. The molecule has 1 atom stereocenters. The molecular formula is C35H48N8O4S. The molecule has 0 saturated heterocycles. The van der Waals surface area contributed by atoms with Crippen molar-refractivity contribution in [3.8, 4) is 0 Å². The number of rotatable bonds is 15. The highest BCUT2D eigenvalue weighted by molar-refractivity contribution is 7.89. The number of carbonyl (C=O) groups excluding carboxylic acids is 2. The van der Waals surface area contributed by atoms with Crippen molar-refractivity contribution in [1.82, 2.24) is 34.4 Å². The van der Waals surface area contributed by atoms with Crippen molar-refractivity contribution in [3.63, 3.8) is 0 Å². The molecule has 0 aliphatic heterocycles. The average molecular weight is 677 g/mol. The Morgan fingerprint density at radius 1 is 0.979 bits per heavy atom. The van der Waals surface area contributed by atoms with E-state index >= 15 is 0 Å². The number of hydrogen-bond acceptors (Lipinski definition) is 7. The summed E-state index contributed by atoms with van der Waals surface area (Å²) in [6.07, 6.45) is 10.0. The van der Waals surface area contributed by atoms with Gasteiger partial charge >= 0.3 is 0 Å². The van der Waals surface area contributed by atoms with Crippen molar-refractivity contribution in [2.45, 2.75) is 102 Å². The summed E-state index contributed by atoms with van der Waals surface area (Å²) in [5.41, 5.74) is 2.93. The smallest absolute Gasteiger partial charge is 0.249 e. The first kappa shape index (κ1) is 35.2. The van der Waals surface area contributed by atoms with Gasteiger partial charge in [-0.05, 0) is 69.0 Å². The summed E-state index contributed by atoms with van der Waals surface area (Å²) in [4.78, 5) is 30.5. The van der Waals surface area contributed by atoms with Crippen LogP contribution in [0, 0.1) is 6.92 Å². The topological polar surface area (TPSA) is 135 Å². The Balaban J connectivity index is 1.57. The number of sulfonamides is 1. The lowest BCUT2D eigenvalue weighted by atomic mass is 9.94. The highest BCUT2D eigenvalue weighted by Crippen LogP contribution is 2.32. The molecule has 0 bridgehead atoms. The van der Waals surface area contributed by atoms with Gasteiger partial charge < -0.3 is 5.32 Å². The van der Waals surface area contributed by atoms with Crippen LogP contribution in [0.25, 0.3) is 11.0 Å². The highest BCUT2D eigenvalue weighted by atomic mass is 32.2. The summed E-state index contributed by atoms with van der Waals surface area (Å²) >= 11 is 0. The third kappa shape index (κ3) is 7.95. The Morgan fingerprint density at radius 2 is 1.65 bits per heavy atom. The van der Waals surface area contributed by atoms with Crippen LogP contribution < -0.4 is 10.2 Å². The average Bonchev–Trinajstić information content (AvgIpc) is 3.64. The van der Waals surface area contributed by atoms with E-state index in [1.165, 1.54) is 21.7 Å². The summed E-state index contributed by atoms with van der Waals surface area (Å²) < 4.78 is 32.3. The maximum absolute atomic E-state index is 14.5. The number of amides is 2. The molecule has 1 aliphatic rings. The predicted molar refractivity (Wildman–Crippen MR) is 186 cm³/mol. The van der Waals surface area contributed by atoms with Crippen LogP contribution in [0.5, 0.6) is 0 Å². The van der Waals surface area contributed by atoms with Gasteiger partial charge in [-0.2, -0.15) is 9.40 Å². The molecule has 258 valence electrons. The molecule has 48 heavy (non-hydrogen) atoms. The monoisotopic (exact) mass is 676 g/mol. The second kappa shape index (κ2) is 15.9. The second-order valence-corrected chi connectivity index (χ2v) is 14.6. The van der Waals surface area contributed by atoms with Crippen molar-refractivity contribution in [2.75, 3.05) is 18.0 Å². The molecule has 5 rings (SSSR count). The fraction of sp³-hybridized carbons (Fsp3) is 0.514.